The number of methoxy groups -OCH3 is 2. The first-order chi connectivity index (χ1) is 32.3. The number of aromatic nitrogens is 2. The number of nitrogens with zero attached hydrogens (tertiary/aromatic N) is 1. The number of H-pyrrole nitrogens is 1. The van der Waals surface area contributed by atoms with Crippen LogP contribution in [0.5, 0.6) is 5.75 Å². The minimum absolute atomic E-state index is 0.0215. The van der Waals surface area contributed by atoms with Gasteiger partial charge >= 0.3 is 6.09 Å². The summed E-state index contributed by atoms with van der Waals surface area (Å²) in [6, 6.07) is 6.33. The first-order valence-electron chi connectivity index (χ1n) is 21.6. The molecule has 1 aromatic carbocycles. The molecule has 2 aromatic heterocycles. The molecule has 364 valence electrons. The monoisotopic (exact) mass is 1010 g/mol. The summed E-state index contributed by atoms with van der Waals surface area (Å²) in [5, 5.41) is 42.2. The number of phenols is 1. The molecule has 11 atom stereocenters. The molecule has 0 spiro atoms. The summed E-state index contributed by atoms with van der Waals surface area (Å²) in [5.41, 5.74) is 0.638. The van der Waals surface area contributed by atoms with E-state index < -0.39 is 96.9 Å². The summed E-state index contributed by atoms with van der Waals surface area (Å²) in [5.74, 6) is 7.02. The third-order valence-electron chi connectivity index (χ3n) is 12.2. The number of aromatic amines is 1. The van der Waals surface area contributed by atoms with E-state index in [0.29, 0.717) is 21.8 Å². The minimum Gasteiger partial charge on any atom is -0.508 e. The average molecular weight is 1010 g/mol. The Morgan fingerprint density at radius 1 is 1.18 bits per heavy atom. The van der Waals surface area contributed by atoms with Crippen molar-refractivity contribution in [3.63, 3.8) is 0 Å². The van der Waals surface area contributed by atoms with E-state index in [1.165, 1.54) is 12.3 Å². The molecule has 2 aliphatic heterocycles. The molecule has 2 fully saturated rings. The Morgan fingerprint density at radius 2 is 1.94 bits per heavy atom. The lowest BCUT2D eigenvalue weighted by molar-refractivity contribution is -0.326. The fourth-order valence-electron chi connectivity index (χ4n) is 9.02. The number of aliphatic hydroxyl groups is 2. The van der Waals surface area contributed by atoms with E-state index >= 15 is 9.18 Å². The molecule has 9 unspecified atom stereocenters. The van der Waals surface area contributed by atoms with E-state index in [4.69, 9.17) is 50.8 Å². The van der Waals surface area contributed by atoms with Gasteiger partial charge in [0.25, 0.3) is 0 Å². The molecule has 16 nitrogen and oxygen atoms in total. The lowest BCUT2D eigenvalue weighted by Gasteiger charge is -2.51. The number of nitrogens with one attached hydrogen (secondary N) is 3. The number of pyridine rings is 1. The number of ether oxygens (including phenoxy) is 6. The van der Waals surface area contributed by atoms with Gasteiger partial charge in [0, 0.05) is 65.9 Å². The second-order valence-corrected chi connectivity index (χ2v) is 25.4. The van der Waals surface area contributed by atoms with Gasteiger partial charge in [-0.2, -0.15) is 4.39 Å². The van der Waals surface area contributed by atoms with Crippen LogP contribution in [0, 0.1) is 29.6 Å². The lowest BCUT2D eigenvalue weighted by atomic mass is 9.82. The highest BCUT2D eigenvalue weighted by molar-refractivity contribution is 8.56. The highest BCUT2D eigenvalue weighted by atomic mass is 33.1. The number of alkyl carbamates (subject to hydrolysis) is 1. The van der Waals surface area contributed by atoms with Crippen LogP contribution in [0.25, 0.3) is 21.8 Å². The molecule has 2 aliphatic carbocycles. The van der Waals surface area contributed by atoms with Crippen LogP contribution in [0.4, 0.5) is 9.18 Å². The maximum Gasteiger partial charge on any atom is 0.411 e. The van der Waals surface area contributed by atoms with Crippen LogP contribution in [-0.2, 0) is 62.7 Å². The van der Waals surface area contributed by atoms with Gasteiger partial charge in [0.1, 0.15) is 34.5 Å². The molecule has 0 saturated carbocycles. The Balaban J connectivity index is 1.37. The zero-order valence-electron chi connectivity index (χ0n) is 38.2. The number of hydrogen-bond acceptors (Lipinski definition) is 17. The minimum atomic E-state index is -2.11. The Labute approximate surface area is 406 Å². The van der Waals surface area contributed by atoms with Gasteiger partial charge in [0.2, 0.25) is 5.78 Å². The van der Waals surface area contributed by atoms with E-state index in [1.54, 1.807) is 50.8 Å². The number of amides is 1. The predicted octanol–water partition coefficient (Wildman–Crippen LogP) is 3.78. The molecule has 6 N–H and O–H groups in total. The molecule has 7 rings (SSSR count). The number of benzene rings is 1. The number of carbonyl (C=O) groups excluding carboxylic acids is 3. The number of phenolic OH excluding ortho intramolecular Hbond substituents is 1. The Bertz CT molecular complexity index is 2810. The largest absolute Gasteiger partial charge is 0.508 e. The van der Waals surface area contributed by atoms with Crippen molar-refractivity contribution in [2.75, 3.05) is 39.1 Å². The van der Waals surface area contributed by atoms with Gasteiger partial charge in [-0.25, -0.2) is 4.79 Å². The number of aliphatic hydroxyl groups excluding tert-OH is 2. The average Bonchev–Trinajstić information content (AvgIpc) is 3.65. The number of thioether (sulfide) groups is 1. The summed E-state index contributed by atoms with van der Waals surface area (Å²) >= 11 is 12.2. The van der Waals surface area contributed by atoms with Crippen molar-refractivity contribution in [3.8, 4) is 29.4 Å². The van der Waals surface area contributed by atoms with Crippen LogP contribution in [0.3, 0.4) is 0 Å². The standard InChI is InChI=1S/C47H53FN4O12S4/c1-23(2)50-32-22-61-37(21-36(32)59-4)64-42-44(57)47(67-6,43(56)41-40-27(15-17-49-41)30-19-26(53)12-13-31(30)51-40)24(3)62-45(42)63-35-14-11-25(48)9-8-10-29-38(35)28(16-18-68(7,65)66)33(54)20-34(55)39(29)52-46(58)60-5/h9,12-13,15-17,19,23-24,32-33,35-38,42,44-45,50-51,53-54,57H,18,20-22H2,1-7H3,(H,52,58)/b25-9+,28-16-/t24?,32?,33-,35-,36?,37?,38?,42?,44?,45?,47?/m0/s1. The third-order valence-corrected chi connectivity index (χ3v) is 15.2. The van der Waals surface area contributed by atoms with Gasteiger partial charge in [0.15, 0.2) is 24.2 Å². The molecule has 21 heteroatoms. The van der Waals surface area contributed by atoms with Crippen LogP contribution < -0.4 is 10.6 Å². The number of hydrogen-bond donors (Lipinski definition) is 6. The van der Waals surface area contributed by atoms with Crippen molar-refractivity contribution >= 4 is 80.8 Å². The van der Waals surface area contributed by atoms with Crippen molar-refractivity contribution in [3.05, 3.63) is 71.0 Å². The van der Waals surface area contributed by atoms with Crippen LogP contribution in [-0.4, -0.2) is 148 Å². The molecule has 2 saturated heterocycles. The fourth-order valence-corrected chi connectivity index (χ4v) is 11.0. The van der Waals surface area contributed by atoms with Crippen molar-refractivity contribution in [1.29, 1.82) is 0 Å². The number of aromatic hydroxyl groups is 1. The summed E-state index contributed by atoms with van der Waals surface area (Å²) in [6.45, 7) is 5.69. The number of allylic oxidation sites excluding steroid dienone is 3. The second kappa shape index (κ2) is 21.3. The quantitative estimate of drug-likeness (QED) is 0.0816. The van der Waals surface area contributed by atoms with Gasteiger partial charge in [-0.05, 0) is 77.6 Å². The smallest absolute Gasteiger partial charge is 0.411 e. The van der Waals surface area contributed by atoms with Gasteiger partial charge in [-0.1, -0.05) is 44.8 Å². The van der Waals surface area contributed by atoms with Crippen LogP contribution in [0.1, 0.15) is 44.1 Å². The normalized spacial score (nSPS) is 31.3. The zero-order chi connectivity index (χ0) is 49.2. The summed E-state index contributed by atoms with van der Waals surface area (Å²) in [4.78, 5) is 49.8. The van der Waals surface area contributed by atoms with Gasteiger partial charge < -0.3 is 54.0 Å². The number of halogens is 1. The van der Waals surface area contributed by atoms with Gasteiger partial charge in [-0.15, -0.1) is 11.8 Å². The molecule has 68 heavy (non-hydrogen) atoms. The number of fused-ring (bicyclic) bond motifs is 4. The molecule has 3 aromatic rings. The second-order valence-electron chi connectivity index (χ2n) is 17.1. The molecule has 0 bridgehead atoms. The Kier molecular flexibility index (Phi) is 16.2. The van der Waals surface area contributed by atoms with E-state index in [0.717, 1.165) is 24.9 Å². The van der Waals surface area contributed by atoms with E-state index in [9.17, 15) is 24.9 Å². The van der Waals surface area contributed by atoms with Crippen molar-refractivity contribution in [2.45, 2.75) is 99.6 Å². The van der Waals surface area contributed by atoms with E-state index in [1.807, 2.05) is 13.8 Å². The highest BCUT2D eigenvalue weighted by Crippen LogP contribution is 2.46. The summed E-state index contributed by atoms with van der Waals surface area (Å²) in [7, 11) is 0.553. The number of carbonyl (C=O) groups is 3. The van der Waals surface area contributed by atoms with E-state index in [2.05, 4.69) is 44.3 Å². The van der Waals surface area contributed by atoms with Crippen molar-refractivity contribution < 1.29 is 62.5 Å². The highest BCUT2D eigenvalue weighted by Gasteiger charge is 2.61. The lowest BCUT2D eigenvalue weighted by Crippen LogP contribution is -2.69. The maximum atomic E-state index is 15.4. The SMILES string of the molecule is COC(=O)NC1=C2C#C/C=C(/F)C#C[C@H](OC3OC(C)C(SC)(C(=O)c4nccc5c4[nH]c4ccc(O)cc45)C(O)C3OC3CC(OC)C(NC(C)C)CO3)C2/C(=C\CS(C)(=S)=S)[C@@H](O)CC1=O. The van der Waals surface area contributed by atoms with E-state index in [-0.39, 0.29) is 59.2 Å². The number of rotatable bonds is 13. The fraction of sp³-hybridized carbons (Fsp3) is 0.489. The molecule has 1 amide bonds. The molecular formula is C47H53FN4O12S4. The van der Waals surface area contributed by atoms with Gasteiger partial charge in [0.05, 0.1) is 55.2 Å². The summed E-state index contributed by atoms with van der Waals surface area (Å²) in [6.07, 6.45) is -4.92. The summed E-state index contributed by atoms with van der Waals surface area (Å²) < 4.78 is 50.7. The topological polar surface area (TPSA) is 220 Å². The molecule has 0 radical (unpaired) electrons. The molecule has 4 aliphatic rings. The van der Waals surface area contributed by atoms with Crippen LogP contribution in [0.2, 0.25) is 0 Å². The number of ketones is 2. The molecular weight excluding hydrogens is 960 g/mol. The first kappa shape index (κ1) is 51.5. The number of Topliss-reactive ketones (excluding diaryl/α,β-unsaturated/α-hetero) is 2. The van der Waals surface area contributed by atoms with Crippen LogP contribution in [0.15, 0.2) is 65.3 Å². The Morgan fingerprint density at radius 3 is 2.63 bits per heavy atom. The predicted molar refractivity (Wildman–Crippen MR) is 261 cm³/mol. The van der Waals surface area contributed by atoms with Crippen LogP contribution >= 0.6 is 11.8 Å². The first-order valence-corrected chi connectivity index (χ1v) is 26.9. The Hall–Kier alpha value is -4.33. The maximum absolute atomic E-state index is 15.4. The van der Waals surface area contributed by atoms with Crippen molar-refractivity contribution in [2.24, 2.45) is 5.92 Å². The van der Waals surface area contributed by atoms with Crippen molar-refractivity contribution in [1.82, 2.24) is 20.6 Å². The third kappa shape index (κ3) is 10.7. The van der Waals surface area contributed by atoms with Gasteiger partial charge in [-0.3, -0.25) is 19.9 Å². The molecule has 4 heterocycles. The zero-order valence-corrected chi connectivity index (χ0v) is 41.5.